The zero-order valence-corrected chi connectivity index (χ0v) is 11.3. The molecule has 0 radical (unpaired) electrons. The minimum Gasteiger partial charge on any atom is -0.397 e. The standard InChI is InChI=1S/C13H19N3OS/c1-13(5-2-6-18-13)8-16-11-4-3-9(12(15)17)7-10(11)14/h3-4,7,16H,2,5-6,8,14H2,1H3,(H2,15,17). The highest BCUT2D eigenvalue weighted by Gasteiger charge is 2.29. The number of nitrogens with two attached hydrogens (primary N) is 2. The highest BCUT2D eigenvalue weighted by molar-refractivity contribution is 8.00. The van der Waals surface area contributed by atoms with Crippen molar-refractivity contribution in [2.45, 2.75) is 24.5 Å². The van der Waals surface area contributed by atoms with Gasteiger partial charge in [-0.3, -0.25) is 4.79 Å². The zero-order chi connectivity index (χ0) is 13.2. The van der Waals surface area contributed by atoms with Crippen LogP contribution in [0.15, 0.2) is 18.2 Å². The first kappa shape index (κ1) is 13.1. The number of hydrogen-bond acceptors (Lipinski definition) is 4. The van der Waals surface area contributed by atoms with Gasteiger partial charge in [-0.25, -0.2) is 0 Å². The molecule has 1 amide bonds. The number of rotatable bonds is 4. The summed E-state index contributed by atoms with van der Waals surface area (Å²) in [5.41, 5.74) is 13.0. The van der Waals surface area contributed by atoms with Gasteiger partial charge in [0.15, 0.2) is 0 Å². The summed E-state index contributed by atoms with van der Waals surface area (Å²) >= 11 is 2.00. The number of nitrogens with one attached hydrogen (secondary N) is 1. The van der Waals surface area contributed by atoms with E-state index in [0.717, 1.165) is 12.2 Å². The monoisotopic (exact) mass is 265 g/mol. The molecular weight excluding hydrogens is 246 g/mol. The van der Waals surface area contributed by atoms with Crippen LogP contribution >= 0.6 is 11.8 Å². The number of nitrogen functional groups attached to an aromatic ring is 1. The van der Waals surface area contributed by atoms with Crippen LogP contribution in [0, 0.1) is 0 Å². The number of amides is 1. The predicted octanol–water partition coefficient (Wildman–Crippen LogP) is 2.07. The van der Waals surface area contributed by atoms with Crippen molar-refractivity contribution in [1.82, 2.24) is 0 Å². The van der Waals surface area contributed by atoms with Crippen molar-refractivity contribution in [2.24, 2.45) is 5.73 Å². The van der Waals surface area contributed by atoms with E-state index in [1.165, 1.54) is 18.6 Å². The molecule has 1 aromatic carbocycles. The van der Waals surface area contributed by atoms with Crippen LogP contribution in [-0.2, 0) is 0 Å². The SMILES string of the molecule is CC1(CNc2ccc(C(N)=O)cc2N)CCCS1. The normalized spacial score (nSPS) is 22.9. The van der Waals surface area contributed by atoms with Gasteiger partial charge in [-0.2, -0.15) is 11.8 Å². The molecule has 1 aliphatic heterocycles. The first-order chi connectivity index (χ1) is 8.50. The van der Waals surface area contributed by atoms with E-state index < -0.39 is 5.91 Å². The number of carbonyl (C=O) groups excluding carboxylic acids is 1. The van der Waals surface area contributed by atoms with Crippen molar-refractivity contribution < 1.29 is 4.79 Å². The second-order valence-corrected chi connectivity index (χ2v) is 6.60. The van der Waals surface area contributed by atoms with E-state index in [1.807, 2.05) is 17.8 Å². The van der Waals surface area contributed by atoms with Gasteiger partial charge in [0.25, 0.3) is 0 Å². The Bertz CT molecular complexity index is 456. The molecule has 0 aromatic heterocycles. The van der Waals surface area contributed by atoms with Crippen LogP contribution in [0.4, 0.5) is 11.4 Å². The van der Waals surface area contributed by atoms with Gasteiger partial charge >= 0.3 is 0 Å². The maximum Gasteiger partial charge on any atom is 0.248 e. The summed E-state index contributed by atoms with van der Waals surface area (Å²) in [5.74, 6) is 0.778. The molecule has 98 valence electrons. The van der Waals surface area contributed by atoms with Gasteiger partial charge in [-0.1, -0.05) is 0 Å². The molecule has 5 N–H and O–H groups in total. The molecule has 4 nitrogen and oxygen atoms in total. The van der Waals surface area contributed by atoms with E-state index in [0.29, 0.717) is 11.3 Å². The van der Waals surface area contributed by atoms with E-state index in [9.17, 15) is 4.79 Å². The molecule has 0 bridgehead atoms. The lowest BCUT2D eigenvalue weighted by Crippen LogP contribution is -2.27. The molecule has 1 unspecified atom stereocenters. The molecule has 1 atom stereocenters. The third-order valence-corrected chi connectivity index (χ3v) is 4.83. The zero-order valence-electron chi connectivity index (χ0n) is 10.5. The number of thioether (sulfide) groups is 1. The van der Waals surface area contributed by atoms with Crippen molar-refractivity contribution in [1.29, 1.82) is 0 Å². The summed E-state index contributed by atoms with van der Waals surface area (Å²) in [7, 11) is 0. The third-order valence-electron chi connectivity index (χ3n) is 3.29. The minimum absolute atomic E-state index is 0.287. The van der Waals surface area contributed by atoms with Gasteiger partial charge in [0, 0.05) is 16.9 Å². The Kier molecular flexibility index (Phi) is 3.71. The molecule has 1 aliphatic rings. The van der Waals surface area contributed by atoms with Crippen molar-refractivity contribution in [3.05, 3.63) is 23.8 Å². The molecule has 1 saturated heterocycles. The number of anilines is 2. The van der Waals surface area contributed by atoms with Crippen molar-refractivity contribution in [3.8, 4) is 0 Å². The molecule has 1 aromatic rings. The Morgan fingerprint density at radius 3 is 2.89 bits per heavy atom. The molecule has 0 saturated carbocycles. The van der Waals surface area contributed by atoms with Gasteiger partial charge in [0.05, 0.1) is 11.4 Å². The Morgan fingerprint density at radius 2 is 2.33 bits per heavy atom. The van der Waals surface area contributed by atoms with Gasteiger partial charge in [0.1, 0.15) is 0 Å². The van der Waals surface area contributed by atoms with E-state index in [-0.39, 0.29) is 4.75 Å². The van der Waals surface area contributed by atoms with Crippen LogP contribution in [0.2, 0.25) is 0 Å². The summed E-state index contributed by atoms with van der Waals surface area (Å²) in [6, 6.07) is 5.14. The Labute approximate surface area is 111 Å². The quantitative estimate of drug-likeness (QED) is 0.728. The van der Waals surface area contributed by atoms with Crippen LogP contribution in [0.5, 0.6) is 0 Å². The van der Waals surface area contributed by atoms with E-state index >= 15 is 0 Å². The fourth-order valence-electron chi connectivity index (χ4n) is 2.14. The predicted molar refractivity (Wildman–Crippen MR) is 78.0 cm³/mol. The van der Waals surface area contributed by atoms with Crippen LogP contribution in [0.3, 0.4) is 0 Å². The van der Waals surface area contributed by atoms with Crippen LogP contribution in [0.1, 0.15) is 30.1 Å². The highest BCUT2D eigenvalue weighted by Crippen LogP contribution is 2.38. The summed E-state index contributed by atoms with van der Waals surface area (Å²) < 4.78 is 0.287. The van der Waals surface area contributed by atoms with Crippen molar-refractivity contribution in [3.63, 3.8) is 0 Å². The van der Waals surface area contributed by atoms with Crippen LogP contribution < -0.4 is 16.8 Å². The van der Waals surface area contributed by atoms with Gasteiger partial charge in [-0.05, 0) is 43.7 Å². The minimum atomic E-state index is -0.452. The number of primary amides is 1. The van der Waals surface area contributed by atoms with Gasteiger partial charge in [0.2, 0.25) is 5.91 Å². The Morgan fingerprint density at radius 1 is 1.56 bits per heavy atom. The maximum atomic E-state index is 11.0. The first-order valence-corrected chi connectivity index (χ1v) is 7.06. The fourth-order valence-corrected chi connectivity index (χ4v) is 3.38. The van der Waals surface area contributed by atoms with E-state index in [4.69, 9.17) is 11.5 Å². The van der Waals surface area contributed by atoms with E-state index in [1.54, 1.807) is 12.1 Å². The third kappa shape index (κ3) is 2.90. The van der Waals surface area contributed by atoms with Crippen LogP contribution in [0.25, 0.3) is 0 Å². The lowest BCUT2D eigenvalue weighted by Gasteiger charge is -2.24. The largest absolute Gasteiger partial charge is 0.397 e. The van der Waals surface area contributed by atoms with Gasteiger partial charge in [-0.15, -0.1) is 0 Å². The molecule has 18 heavy (non-hydrogen) atoms. The molecule has 0 spiro atoms. The second kappa shape index (κ2) is 5.10. The number of benzene rings is 1. The number of carbonyl (C=O) groups is 1. The summed E-state index contributed by atoms with van der Waals surface area (Å²) in [6.07, 6.45) is 2.50. The van der Waals surface area contributed by atoms with Gasteiger partial charge < -0.3 is 16.8 Å². The average molecular weight is 265 g/mol. The lowest BCUT2D eigenvalue weighted by molar-refractivity contribution is 0.100. The molecule has 2 rings (SSSR count). The van der Waals surface area contributed by atoms with E-state index in [2.05, 4.69) is 12.2 Å². The summed E-state index contributed by atoms with van der Waals surface area (Å²) in [6.45, 7) is 3.16. The molecule has 0 aliphatic carbocycles. The Balaban J connectivity index is 2.03. The summed E-state index contributed by atoms with van der Waals surface area (Å²) in [4.78, 5) is 11.0. The maximum absolute atomic E-state index is 11.0. The Hall–Kier alpha value is -1.36. The molecule has 1 fully saturated rings. The average Bonchev–Trinajstić information content (AvgIpc) is 2.75. The van der Waals surface area contributed by atoms with Crippen molar-refractivity contribution in [2.75, 3.05) is 23.3 Å². The molecule has 1 heterocycles. The number of hydrogen-bond donors (Lipinski definition) is 3. The first-order valence-electron chi connectivity index (χ1n) is 6.07. The molecule has 5 heteroatoms. The summed E-state index contributed by atoms with van der Waals surface area (Å²) in [5, 5.41) is 3.36. The van der Waals surface area contributed by atoms with Crippen LogP contribution in [-0.4, -0.2) is 23.0 Å². The lowest BCUT2D eigenvalue weighted by atomic mass is 10.1. The molecular formula is C13H19N3OS. The highest BCUT2D eigenvalue weighted by atomic mass is 32.2. The fraction of sp³-hybridized carbons (Fsp3) is 0.462. The second-order valence-electron chi connectivity index (χ2n) is 4.92. The van der Waals surface area contributed by atoms with Crippen molar-refractivity contribution >= 4 is 29.0 Å². The topological polar surface area (TPSA) is 81.1 Å². The smallest absolute Gasteiger partial charge is 0.248 e.